The van der Waals surface area contributed by atoms with Gasteiger partial charge in [-0.2, -0.15) is 0 Å². The van der Waals surface area contributed by atoms with E-state index in [0.29, 0.717) is 6.04 Å². The van der Waals surface area contributed by atoms with Crippen molar-refractivity contribution in [2.75, 3.05) is 12.3 Å². The number of hydrogen-bond donors (Lipinski definition) is 1. The standard InChI is InChI=1S/C12H16ClNS/c1-3-11(14-4-2)9-15-12-7-5-6-10(13)8-12/h3,5-8,11,14H,1,4,9H2,2H3. The predicted octanol–water partition coefficient (Wildman–Crippen LogP) is 3.60. The third kappa shape index (κ3) is 4.74. The maximum atomic E-state index is 5.91. The Labute approximate surface area is 101 Å². The van der Waals surface area contributed by atoms with Gasteiger partial charge in [-0.15, -0.1) is 18.3 Å². The fourth-order valence-electron chi connectivity index (χ4n) is 1.22. The van der Waals surface area contributed by atoms with Gasteiger partial charge in [-0.3, -0.25) is 0 Å². The first-order chi connectivity index (χ1) is 7.26. The van der Waals surface area contributed by atoms with Crippen molar-refractivity contribution in [2.45, 2.75) is 17.9 Å². The highest BCUT2D eigenvalue weighted by molar-refractivity contribution is 7.99. The van der Waals surface area contributed by atoms with E-state index in [-0.39, 0.29) is 0 Å². The Bertz CT molecular complexity index is 314. The molecule has 0 radical (unpaired) electrons. The molecule has 1 unspecified atom stereocenters. The third-order valence-electron chi connectivity index (χ3n) is 1.98. The van der Waals surface area contributed by atoms with Gasteiger partial charge in [0.15, 0.2) is 0 Å². The Kier molecular flexibility index (Phi) is 5.84. The van der Waals surface area contributed by atoms with Gasteiger partial charge in [0, 0.05) is 21.7 Å². The molecule has 1 atom stereocenters. The highest BCUT2D eigenvalue weighted by atomic mass is 35.5. The molecule has 1 aromatic rings. The molecule has 0 saturated heterocycles. The molecule has 0 heterocycles. The highest BCUT2D eigenvalue weighted by Crippen LogP contribution is 2.22. The van der Waals surface area contributed by atoms with Crippen LogP contribution in [0, 0.1) is 0 Å². The monoisotopic (exact) mass is 241 g/mol. The molecule has 0 spiro atoms. The van der Waals surface area contributed by atoms with Gasteiger partial charge in [0.2, 0.25) is 0 Å². The zero-order chi connectivity index (χ0) is 11.1. The number of halogens is 1. The number of rotatable bonds is 6. The minimum atomic E-state index is 0.360. The Balaban J connectivity index is 2.45. The average molecular weight is 242 g/mol. The van der Waals surface area contributed by atoms with Crippen LogP contribution in [0.5, 0.6) is 0 Å². The summed E-state index contributed by atoms with van der Waals surface area (Å²) in [6.45, 7) is 6.87. The second-order valence-corrected chi connectivity index (χ2v) is 4.70. The molecular formula is C12H16ClNS. The highest BCUT2D eigenvalue weighted by Gasteiger charge is 2.03. The fourth-order valence-corrected chi connectivity index (χ4v) is 2.48. The van der Waals surface area contributed by atoms with Crippen molar-refractivity contribution in [3.05, 3.63) is 41.9 Å². The van der Waals surface area contributed by atoms with Gasteiger partial charge >= 0.3 is 0 Å². The van der Waals surface area contributed by atoms with Gasteiger partial charge in [-0.1, -0.05) is 30.7 Å². The molecule has 0 aliphatic heterocycles. The summed E-state index contributed by atoms with van der Waals surface area (Å²) in [5, 5.41) is 4.14. The lowest BCUT2D eigenvalue weighted by Crippen LogP contribution is -2.28. The Morgan fingerprint density at radius 2 is 2.40 bits per heavy atom. The van der Waals surface area contributed by atoms with Crippen LogP contribution in [-0.4, -0.2) is 18.3 Å². The van der Waals surface area contributed by atoms with E-state index in [4.69, 9.17) is 11.6 Å². The Morgan fingerprint density at radius 1 is 1.60 bits per heavy atom. The van der Waals surface area contributed by atoms with Crippen LogP contribution < -0.4 is 5.32 Å². The van der Waals surface area contributed by atoms with Crippen molar-refractivity contribution in [3.8, 4) is 0 Å². The predicted molar refractivity (Wildman–Crippen MR) is 69.8 cm³/mol. The minimum Gasteiger partial charge on any atom is -0.310 e. The van der Waals surface area contributed by atoms with E-state index < -0.39 is 0 Å². The molecule has 1 rings (SSSR count). The van der Waals surface area contributed by atoms with Gasteiger partial charge < -0.3 is 5.32 Å². The van der Waals surface area contributed by atoms with Crippen LogP contribution in [0.3, 0.4) is 0 Å². The summed E-state index contributed by atoms with van der Waals surface area (Å²) in [5.41, 5.74) is 0. The first-order valence-electron chi connectivity index (χ1n) is 5.00. The van der Waals surface area contributed by atoms with Crippen molar-refractivity contribution in [2.24, 2.45) is 0 Å². The molecule has 0 aliphatic carbocycles. The summed E-state index contributed by atoms with van der Waals surface area (Å²) in [7, 11) is 0. The maximum absolute atomic E-state index is 5.91. The van der Waals surface area contributed by atoms with Crippen molar-refractivity contribution >= 4 is 23.4 Å². The molecule has 1 N–H and O–H groups in total. The van der Waals surface area contributed by atoms with Crippen LogP contribution in [0.25, 0.3) is 0 Å². The smallest absolute Gasteiger partial charge is 0.0417 e. The zero-order valence-corrected chi connectivity index (χ0v) is 10.4. The zero-order valence-electron chi connectivity index (χ0n) is 8.87. The second kappa shape index (κ2) is 6.94. The summed E-state index contributed by atoms with van der Waals surface area (Å²) in [4.78, 5) is 1.20. The lowest BCUT2D eigenvalue weighted by Gasteiger charge is -2.12. The molecule has 3 heteroatoms. The van der Waals surface area contributed by atoms with Crippen LogP contribution in [0.15, 0.2) is 41.8 Å². The Hall–Kier alpha value is -0.440. The SMILES string of the molecule is C=CC(CSc1cccc(Cl)c1)NCC. The third-order valence-corrected chi connectivity index (χ3v) is 3.32. The number of thioether (sulfide) groups is 1. The van der Waals surface area contributed by atoms with E-state index in [9.17, 15) is 0 Å². The lowest BCUT2D eigenvalue weighted by atomic mass is 10.3. The Morgan fingerprint density at radius 3 is 3.00 bits per heavy atom. The molecule has 0 amide bonds. The van der Waals surface area contributed by atoms with Crippen LogP contribution in [0.1, 0.15) is 6.92 Å². The molecule has 0 fully saturated rings. The molecule has 0 aromatic heterocycles. The van der Waals surface area contributed by atoms with Gasteiger partial charge in [0.05, 0.1) is 0 Å². The van der Waals surface area contributed by atoms with E-state index in [1.165, 1.54) is 4.90 Å². The van der Waals surface area contributed by atoms with Gasteiger partial charge in [-0.05, 0) is 24.7 Å². The van der Waals surface area contributed by atoms with Crippen molar-refractivity contribution < 1.29 is 0 Å². The van der Waals surface area contributed by atoms with Crippen LogP contribution in [0.4, 0.5) is 0 Å². The van der Waals surface area contributed by atoms with E-state index in [2.05, 4.69) is 24.9 Å². The van der Waals surface area contributed by atoms with Crippen molar-refractivity contribution in [1.29, 1.82) is 0 Å². The number of likely N-dealkylation sites (N-methyl/N-ethyl adjacent to an activating group) is 1. The van der Waals surface area contributed by atoms with Gasteiger partial charge in [0.1, 0.15) is 0 Å². The molecule has 1 aromatic carbocycles. The maximum Gasteiger partial charge on any atom is 0.0417 e. The molecule has 0 aliphatic rings. The largest absolute Gasteiger partial charge is 0.310 e. The first-order valence-corrected chi connectivity index (χ1v) is 6.37. The number of hydrogen-bond acceptors (Lipinski definition) is 2. The number of benzene rings is 1. The second-order valence-electron chi connectivity index (χ2n) is 3.17. The van der Waals surface area contributed by atoms with E-state index in [1.807, 2.05) is 24.3 Å². The van der Waals surface area contributed by atoms with Crippen molar-refractivity contribution in [3.63, 3.8) is 0 Å². The molecule has 0 saturated carbocycles. The fraction of sp³-hybridized carbons (Fsp3) is 0.333. The molecule has 15 heavy (non-hydrogen) atoms. The summed E-state index contributed by atoms with van der Waals surface area (Å²) < 4.78 is 0. The van der Waals surface area contributed by atoms with Crippen LogP contribution >= 0.6 is 23.4 Å². The minimum absolute atomic E-state index is 0.360. The average Bonchev–Trinajstić information content (AvgIpc) is 2.24. The summed E-state index contributed by atoms with van der Waals surface area (Å²) in [5.74, 6) is 0.984. The summed E-state index contributed by atoms with van der Waals surface area (Å²) in [6.07, 6.45) is 1.95. The first kappa shape index (κ1) is 12.6. The van der Waals surface area contributed by atoms with E-state index in [0.717, 1.165) is 17.3 Å². The summed E-state index contributed by atoms with van der Waals surface area (Å²) in [6, 6.07) is 8.28. The van der Waals surface area contributed by atoms with E-state index in [1.54, 1.807) is 11.8 Å². The van der Waals surface area contributed by atoms with E-state index >= 15 is 0 Å². The summed E-state index contributed by atoms with van der Waals surface area (Å²) >= 11 is 7.70. The normalized spacial score (nSPS) is 12.4. The molecular weight excluding hydrogens is 226 g/mol. The van der Waals surface area contributed by atoms with Gasteiger partial charge in [-0.25, -0.2) is 0 Å². The quantitative estimate of drug-likeness (QED) is 0.603. The topological polar surface area (TPSA) is 12.0 Å². The number of nitrogens with one attached hydrogen (secondary N) is 1. The van der Waals surface area contributed by atoms with Gasteiger partial charge in [0.25, 0.3) is 0 Å². The van der Waals surface area contributed by atoms with Crippen LogP contribution in [-0.2, 0) is 0 Å². The molecule has 1 nitrogen and oxygen atoms in total. The molecule has 0 bridgehead atoms. The molecule has 82 valence electrons. The lowest BCUT2D eigenvalue weighted by molar-refractivity contribution is 0.669. The van der Waals surface area contributed by atoms with Crippen molar-refractivity contribution in [1.82, 2.24) is 5.32 Å². The van der Waals surface area contributed by atoms with Crippen LogP contribution in [0.2, 0.25) is 5.02 Å².